The van der Waals surface area contributed by atoms with Gasteiger partial charge in [-0.2, -0.15) is 13.2 Å². The molecule has 0 spiro atoms. The average molecular weight is 456 g/mol. The third-order valence-electron chi connectivity index (χ3n) is 5.38. The zero-order valence-corrected chi connectivity index (χ0v) is 18.3. The predicted octanol–water partition coefficient (Wildman–Crippen LogP) is 4.37. The van der Waals surface area contributed by atoms with Crippen LogP contribution in [-0.4, -0.2) is 48.6 Å². The lowest BCUT2D eigenvalue weighted by atomic mass is 9.90. The number of hydrogen-bond donors (Lipinski definition) is 1. The Balaban J connectivity index is 1.68. The number of amides is 1. The number of carbonyl (C=O) groups is 1. The van der Waals surface area contributed by atoms with Crippen LogP contribution in [0.1, 0.15) is 30.9 Å². The quantitative estimate of drug-likeness (QED) is 0.702. The number of carbonyl (C=O) groups excluding carboxylic acids is 1. The third kappa shape index (κ3) is 5.68. The fourth-order valence-corrected chi connectivity index (χ4v) is 3.72. The van der Waals surface area contributed by atoms with E-state index < -0.39 is 23.0 Å². The van der Waals surface area contributed by atoms with Gasteiger partial charge in [0.05, 0.1) is 5.41 Å². The molecule has 0 saturated carbocycles. The first kappa shape index (κ1) is 23.3. The van der Waals surface area contributed by atoms with E-state index in [0.717, 1.165) is 18.2 Å². The fraction of sp³-hybridized carbons (Fsp3) is 0.455. The summed E-state index contributed by atoms with van der Waals surface area (Å²) in [7, 11) is 1.98. The second kappa shape index (κ2) is 9.04. The van der Waals surface area contributed by atoms with Crippen molar-refractivity contribution in [1.29, 1.82) is 0 Å². The summed E-state index contributed by atoms with van der Waals surface area (Å²) in [6.07, 6.45) is -3.36. The van der Waals surface area contributed by atoms with Gasteiger partial charge in [-0.1, -0.05) is 23.7 Å². The van der Waals surface area contributed by atoms with Crippen molar-refractivity contribution < 1.29 is 22.7 Å². The standard InChI is InChI=1S/C22H25ClF3N3O2/c1-21(2,13-31-19-17(22(24,25)26)5-4-10-27-19)20(30)28-18-12-29(3)11-16(18)14-6-8-15(23)9-7-14/h4-10,16,18H,11-13H2,1-3H3,(H,28,30). The number of nitrogens with one attached hydrogen (secondary N) is 1. The number of nitrogens with zero attached hydrogens (tertiary/aromatic N) is 2. The molecule has 0 bridgehead atoms. The first-order valence-corrected chi connectivity index (χ1v) is 10.2. The number of ether oxygens (including phenoxy) is 1. The maximum Gasteiger partial charge on any atom is 0.421 e. The van der Waals surface area contributed by atoms with Gasteiger partial charge in [0.2, 0.25) is 11.8 Å². The maximum atomic E-state index is 13.2. The zero-order valence-electron chi connectivity index (χ0n) is 17.5. The molecule has 1 saturated heterocycles. The van der Waals surface area contributed by atoms with Crippen LogP contribution < -0.4 is 10.1 Å². The van der Waals surface area contributed by atoms with E-state index in [1.54, 1.807) is 13.8 Å². The van der Waals surface area contributed by atoms with Gasteiger partial charge in [0.25, 0.3) is 0 Å². The minimum atomic E-state index is -4.59. The summed E-state index contributed by atoms with van der Waals surface area (Å²) < 4.78 is 44.8. The summed E-state index contributed by atoms with van der Waals surface area (Å²) in [4.78, 5) is 18.8. The first-order chi connectivity index (χ1) is 14.5. The van der Waals surface area contributed by atoms with Gasteiger partial charge >= 0.3 is 6.18 Å². The smallest absolute Gasteiger partial charge is 0.421 e. The molecular formula is C22H25ClF3N3O2. The van der Waals surface area contributed by atoms with E-state index in [2.05, 4.69) is 15.2 Å². The number of hydrogen-bond acceptors (Lipinski definition) is 4. The van der Waals surface area contributed by atoms with Gasteiger partial charge in [-0.15, -0.1) is 0 Å². The molecule has 0 aliphatic carbocycles. The van der Waals surface area contributed by atoms with Crippen LogP contribution in [0.25, 0.3) is 0 Å². The molecule has 1 aromatic carbocycles. The molecule has 1 aromatic heterocycles. The number of halogens is 4. The Hall–Kier alpha value is -2.32. The Kier molecular flexibility index (Phi) is 6.81. The molecule has 2 aromatic rings. The van der Waals surface area contributed by atoms with Gasteiger partial charge in [0, 0.05) is 36.3 Å². The van der Waals surface area contributed by atoms with Crippen LogP contribution in [0.4, 0.5) is 13.2 Å². The molecule has 1 fully saturated rings. The number of likely N-dealkylation sites (tertiary alicyclic amines) is 1. The molecule has 3 rings (SSSR count). The molecule has 1 aliphatic rings. The van der Waals surface area contributed by atoms with Crippen LogP contribution in [0, 0.1) is 5.41 Å². The van der Waals surface area contributed by atoms with Crippen LogP contribution >= 0.6 is 11.6 Å². The lowest BCUT2D eigenvalue weighted by Crippen LogP contribution is -2.48. The molecule has 1 amide bonds. The highest BCUT2D eigenvalue weighted by Gasteiger charge is 2.39. The molecule has 2 unspecified atom stereocenters. The largest absolute Gasteiger partial charge is 0.476 e. The molecule has 5 nitrogen and oxygen atoms in total. The maximum absolute atomic E-state index is 13.2. The molecule has 2 atom stereocenters. The van der Waals surface area contributed by atoms with Gasteiger partial charge in [-0.05, 0) is 50.7 Å². The normalized spacial score (nSPS) is 20.0. The molecule has 0 radical (unpaired) electrons. The topological polar surface area (TPSA) is 54.5 Å². The highest BCUT2D eigenvalue weighted by atomic mass is 35.5. The van der Waals surface area contributed by atoms with E-state index in [0.29, 0.717) is 11.6 Å². The molecule has 1 N–H and O–H groups in total. The number of alkyl halides is 3. The highest BCUT2D eigenvalue weighted by molar-refractivity contribution is 6.30. The van der Waals surface area contributed by atoms with Gasteiger partial charge in [-0.3, -0.25) is 4.79 Å². The summed E-state index contributed by atoms with van der Waals surface area (Å²) in [5, 5.41) is 3.70. The van der Waals surface area contributed by atoms with E-state index >= 15 is 0 Å². The van der Waals surface area contributed by atoms with Gasteiger partial charge < -0.3 is 15.0 Å². The van der Waals surface area contributed by atoms with E-state index in [9.17, 15) is 18.0 Å². The molecule has 1 aliphatic heterocycles. The van der Waals surface area contributed by atoms with Crippen molar-refractivity contribution in [2.75, 3.05) is 26.7 Å². The molecule has 31 heavy (non-hydrogen) atoms. The monoisotopic (exact) mass is 455 g/mol. The average Bonchev–Trinajstić information content (AvgIpc) is 3.06. The summed E-state index contributed by atoms with van der Waals surface area (Å²) in [6.45, 7) is 4.46. The van der Waals surface area contributed by atoms with Gasteiger partial charge in [0.1, 0.15) is 12.2 Å². The van der Waals surface area contributed by atoms with Crippen molar-refractivity contribution in [3.8, 4) is 5.88 Å². The first-order valence-electron chi connectivity index (χ1n) is 9.87. The Morgan fingerprint density at radius 3 is 2.55 bits per heavy atom. The molecular weight excluding hydrogens is 431 g/mol. The van der Waals surface area contributed by atoms with Crippen LogP contribution in [0.2, 0.25) is 5.02 Å². The fourth-order valence-electron chi connectivity index (χ4n) is 3.59. The summed E-state index contributed by atoms with van der Waals surface area (Å²) in [6, 6.07) is 9.48. The van der Waals surface area contributed by atoms with E-state index in [4.69, 9.17) is 16.3 Å². The lowest BCUT2D eigenvalue weighted by molar-refractivity contribution is -0.139. The van der Waals surface area contributed by atoms with Crippen LogP contribution in [0.15, 0.2) is 42.6 Å². The Morgan fingerprint density at radius 2 is 1.90 bits per heavy atom. The van der Waals surface area contributed by atoms with Crippen LogP contribution in [0.3, 0.4) is 0 Å². The third-order valence-corrected chi connectivity index (χ3v) is 5.63. The zero-order chi connectivity index (χ0) is 22.8. The summed E-state index contributed by atoms with van der Waals surface area (Å²) in [5.41, 5.74) is -0.964. The van der Waals surface area contributed by atoms with Crippen LogP contribution in [0.5, 0.6) is 5.88 Å². The van der Waals surface area contributed by atoms with Crippen molar-refractivity contribution in [2.45, 2.75) is 32.0 Å². The Labute approximate surface area is 184 Å². The minimum Gasteiger partial charge on any atom is -0.476 e. The molecule has 168 valence electrons. The van der Waals surface area contributed by atoms with Crippen molar-refractivity contribution in [1.82, 2.24) is 15.2 Å². The van der Waals surface area contributed by atoms with Crippen LogP contribution in [-0.2, 0) is 11.0 Å². The van der Waals surface area contributed by atoms with Crippen molar-refractivity contribution >= 4 is 17.5 Å². The summed E-state index contributed by atoms with van der Waals surface area (Å²) in [5.74, 6) is -0.748. The summed E-state index contributed by atoms with van der Waals surface area (Å²) >= 11 is 5.98. The van der Waals surface area contributed by atoms with Gasteiger partial charge in [0.15, 0.2) is 0 Å². The van der Waals surface area contributed by atoms with E-state index in [1.807, 2.05) is 31.3 Å². The predicted molar refractivity (Wildman–Crippen MR) is 112 cm³/mol. The number of benzene rings is 1. The lowest BCUT2D eigenvalue weighted by Gasteiger charge is -2.28. The number of rotatable bonds is 6. The highest BCUT2D eigenvalue weighted by Crippen LogP contribution is 2.35. The number of likely N-dealkylation sites (N-methyl/N-ethyl adjacent to an activating group) is 1. The van der Waals surface area contributed by atoms with Crippen molar-refractivity contribution in [3.63, 3.8) is 0 Å². The minimum absolute atomic E-state index is 0.0792. The van der Waals surface area contributed by atoms with Crippen molar-refractivity contribution in [2.24, 2.45) is 5.41 Å². The second-order valence-electron chi connectivity index (χ2n) is 8.49. The van der Waals surface area contributed by atoms with Crippen molar-refractivity contribution in [3.05, 3.63) is 58.7 Å². The number of pyridine rings is 1. The Morgan fingerprint density at radius 1 is 1.23 bits per heavy atom. The number of aromatic nitrogens is 1. The molecule has 2 heterocycles. The SMILES string of the molecule is CN1CC(NC(=O)C(C)(C)COc2ncccc2C(F)(F)F)C(c2ccc(Cl)cc2)C1. The van der Waals surface area contributed by atoms with E-state index in [-0.39, 0.29) is 24.5 Å². The second-order valence-corrected chi connectivity index (χ2v) is 8.92. The molecule has 9 heteroatoms. The van der Waals surface area contributed by atoms with Gasteiger partial charge in [-0.25, -0.2) is 4.98 Å². The van der Waals surface area contributed by atoms with E-state index in [1.165, 1.54) is 12.3 Å². The Bertz CT molecular complexity index is 919.